The summed E-state index contributed by atoms with van der Waals surface area (Å²) in [5.41, 5.74) is 0. The zero-order valence-corrected chi connectivity index (χ0v) is 6.09. The minimum Gasteiger partial charge on any atom is -0.310 e. The van der Waals surface area contributed by atoms with E-state index in [1.54, 1.807) is 0 Å². The van der Waals surface area contributed by atoms with Gasteiger partial charge in [0, 0.05) is 15.5 Å². The van der Waals surface area contributed by atoms with E-state index in [0.717, 1.165) is 18.8 Å². The molecule has 0 saturated carbocycles. The first-order valence-electron chi connectivity index (χ1n) is 2.58. The third kappa shape index (κ3) is 1.69. The van der Waals surface area contributed by atoms with Gasteiger partial charge in [-0.25, -0.2) is 4.21 Å². The van der Waals surface area contributed by atoms with Gasteiger partial charge in [-0.3, -0.25) is 0 Å². The molecule has 0 N–H and O–H groups in total. The van der Waals surface area contributed by atoms with Crippen LogP contribution in [0, 0.1) is 0 Å². The SMILES string of the molecule is O=S=S1CCCCO1. The van der Waals surface area contributed by atoms with Gasteiger partial charge in [-0.2, -0.15) is 0 Å². The number of hydrogen-bond acceptors (Lipinski definition) is 2. The van der Waals surface area contributed by atoms with E-state index in [4.69, 9.17) is 4.18 Å². The van der Waals surface area contributed by atoms with Gasteiger partial charge >= 0.3 is 0 Å². The quantitative estimate of drug-likeness (QED) is 0.504. The Morgan fingerprint density at radius 2 is 2.38 bits per heavy atom. The minimum atomic E-state index is -0.291. The first-order valence-corrected chi connectivity index (χ1v) is 5.15. The maximum Gasteiger partial charge on any atom is 0.147 e. The van der Waals surface area contributed by atoms with Gasteiger partial charge in [0.15, 0.2) is 0 Å². The van der Waals surface area contributed by atoms with Crippen molar-refractivity contribution in [3.8, 4) is 0 Å². The molecule has 8 heavy (non-hydrogen) atoms. The van der Waals surface area contributed by atoms with E-state index in [1.807, 2.05) is 0 Å². The van der Waals surface area contributed by atoms with Crippen LogP contribution in [0.4, 0.5) is 0 Å². The van der Waals surface area contributed by atoms with Crippen LogP contribution < -0.4 is 0 Å². The van der Waals surface area contributed by atoms with Crippen molar-refractivity contribution in [1.82, 2.24) is 0 Å². The average Bonchev–Trinajstić information content (AvgIpc) is 1.90. The van der Waals surface area contributed by atoms with E-state index in [1.165, 1.54) is 6.42 Å². The molecule has 0 aromatic carbocycles. The Balaban J connectivity index is 2.45. The van der Waals surface area contributed by atoms with Gasteiger partial charge in [0.05, 0.1) is 6.61 Å². The molecule has 1 aliphatic rings. The molecular formula is C4H8O2S2. The molecule has 1 saturated heterocycles. The Bertz CT molecular complexity index is 120. The van der Waals surface area contributed by atoms with E-state index < -0.39 is 0 Å². The summed E-state index contributed by atoms with van der Waals surface area (Å²) >= 11 is 0. The lowest BCUT2D eigenvalue weighted by molar-refractivity contribution is 0.341. The Kier molecular flexibility index (Phi) is 2.72. The van der Waals surface area contributed by atoms with Gasteiger partial charge in [0.1, 0.15) is 10.2 Å². The molecule has 2 nitrogen and oxygen atoms in total. The van der Waals surface area contributed by atoms with E-state index >= 15 is 0 Å². The van der Waals surface area contributed by atoms with Crippen LogP contribution in [0.1, 0.15) is 12.8 Å². The maximum absolute atomic E-state index is 10.1. The molecule has 4 heteroatoms. The lowest BCUT2D eigenvalue weighted by atomic mass is 10.4. The van der Waals surface area contributed by atoms with Crippen LogP contribution in [0.15, 0.2) is 0 Å². The zero-order chi connectivity index (χ0) is 5.82. The van der Waals surface area contributed by atoms with Crippen molar-refractivity contribution < 1.29 is 8.39 Å². The molecular weight excluding hydrogens is 144 g/mol. The monoisotopic (exact) mass is 152 g/mol. The summed E-state index contributed by atoms with van der Waals surface area (Å²) in [6.45, 7) is 0.790. The van der Waals surface area contributed by atoms with Crippen molar-refractivity contribution in [3.05, 3.63) is 0 Å². The van der Waals surface area contributed by atoms with E-state index in [2.05, 4.69) is 0 Å². The second-order valence-corrected chi connectivity index (χ2v) is 4.52. The lowest BCUT2D eigenvalue weighted by Crippen LogP contribution is -2.10. The molecule has 1 heterocycles. The molecule has 0 spiro atoms. The summed E-state index contributed by atoms with van der Waals surface area (Å²) < 4.78 is 15.2. The zero-order valence-electron chi connectivity index (χ0n) is 4.46. The van der Waals surface area contributed by atoms with Gasteiger partial charge < -0.3 is 4.18 Å². The van der Waals surface area contributed by atoms with Crippen LogP contribution in [0.3, 0.4) is 0 Å². The maximum atomic E-state index is 10.1. The summed E-state index contributed by atoms with van der Waals surface area (Å²) in [5, 5.41) is 0. The molecule has 48 valence electrons. The fourth-order valence-electron chi connectivity index (χ4n) is 0.586. The van der Waals surface area contributed by atoms with Crippen molar-refractivity contribution >= 4 is 20.0 Å². The van der Waals surface area contributed by atoms with Gasteiger partial charge in [-0.05, 0) is 12.8 Å². The van der Waals surface area contributed by atoms with E-state index in [9.17, 15) is 4.21 Å². The van der Waals surface area contributed by atoms with Gasteiger partial charge in [-0.15, -0.1) is 0 Å². The van der Waals surface area contributed by atoms with Crippen LogP contribution in [0.25, 0.3) is 0 Å². The standard InChI is InChI=1S/C4H8O2S2/c5-7-8-4-2-1-3-6-8/h1-4H2. The van der Waals surface area contributed by atoms with Crippen molar-refractivity contribution in [2.45, 2.75) is 12.8 Å². The fourth-order valence-corrected chi connectivity index (χ4v) is 2.43. The molecule has 0 aromatic heterocycles. The highest BCUT2D eigenvalue weighted by Gasteiger charge is 2.03. The molecule has 1 unspecified atom stereocenters. The Labute approximate surface area is 54.1 Å². The molecule has 1 fully saturated rings. The second-order valence-electron chi connectivity index (χ2n) is 1.60. The van der Waals surface area contributed by atoms with E-state index in [0.29, 0.717) is 10.2 Å². The fraction of sp³-hybridized carbons (Fsp3) is 1.00. The van der Waals surface area contributed by atoms with Gasteiger partial charge in [0.2, 0.25) is 0 Å². The first kappa shape index (κ1) is 6.45. The smallest absolute Gasteiger partial charge is 0.147 e. The first-order chi connectivity index (χ1) is 3.93. The lowest BCUT2D eigenvalue weighted by Gasteiger charge is -2.10. The number of rotatable bonds is 0. The molecule has 0 radical (unpaired) electrons. The van der Waals surface area contributed by atoms with Crippen molar-refractivity contribution in [3.63, 3.8) is 0 Å². The Hall–Kier alpha value is 0.330. The Morgan fingerprint density at radius 1 is 1.50 bits per heavy atom. The van der Waals surface area contributed by atoms with Crippen molar-refractivity contribution in [1.29, 1.82) is 0 Å². The highest BCUT2D eigenvalue weighted by atomic mass is 32.8. The van der Waals surface area contributed by atoms with Crippen LogP contribution in [0.2, 0.25) is 0 Å². The molecule has 1 aliphatic heterocycles. The van der Waals surface area contributed by atoms with Crippen LogP contribution >= 0.6 is 0 Å². The van der Waals surface area contributed by atoms with Crippen molar-refractivity contribution in [2.75, 3.05) is 12.4 Å². The summed E-state index contributed by atoms with van der Waals surface area (Å²) in [5.74, 6) is 0.966. The van der Waals surface area contributed by atoms with Crippen LogP contribution in [0.5, 0.6) is 0 Å². The third-order valence-corrected chi connectivity index (χ3v) is 3.44. The Morgan fingerprint density at radius 3 is 2.75 bits per heavy atom. The van der Waals surface area contributed by atoms with Gasteiger partial charge in [-0.1, -0.05) is 0 Å². The highest BCUT2D eigenvalue weighted by Crippen LogP contribution is 2.03. The summed E-state index contributed by atoms with van der Waals surface area (Å²) in [4.78, 5) is 0. The topological polar surface area (TPSA) is 26.3 Å². The number of hydrogen-bond donors (Lipinski definition) is 0. The molecule has 0 aromatic rings. The normalized spacial score (nSPS) is 29.8. The minimum absolute atomic E-state index is 0.291. The predicted octanol–water partition coefficient (Wildman–Crippen LogP) is 0.458. The van der Waals surface area contributed by atoms with Crippen LogP contribution in [-0.4, -0.2) is 16.6 Å². The van der Waals surface area contributed by atoms with Gasteiger partial charge in [0.25, 0.3) is 0 Å². The average molecular weight is 152 g/mol. The summed E-state index contributed by atoms with van der Waals surface area (Å²) in [6, 6.07) is 0. The molecule has 1 rings (SSSR count). The summed E-state index contributed by atoms with van der Waals surface area (Å²) in [6.07, 6.45) is 2.29. The third-order valence-electron chi connectivity index (χ3n) is 0.996. The summed E-state index contributed by atoms with van der Waals surface area (Å²) in [7, 11) is 0.311. The molecule has 1 atom stereocenters. The largest absolute Gasteiger partial charge is 0.310 e. The van der Waals surface area contributed by atoms with E-state index in [-0.39, 0.29) is 9.74 Å². The second kappa shape index (κ2) is 3.37. The molecule has 0 amide bonds. The van der Waals surface area contributed by atoms with Crippen molar-refractivity contribution in [2.24, 2.45) is 0 Å². The van der Waals surface area contributed by atoms with Crippen LogP contribution in [-0.2, 0) is 24.1 Å². The molecule has 0 bridgehead atoms. The highest BCUT2D eigenvalue weighted by molar-refractivity contribution is 8.28. The predicted molar refractivity (Wildman–Crippen MR) is 35.6 cm³/mol. The molecule has 0 aliphatic carbocycles.